The van der Waals surface area contributed by atoms with E-state index in [1.807, 2.05) is 24.3 Å². The summed E-state index contributed by atoms with van der Waals surface area (Å²) in [4.78, 5) is 29.9. The minimum atomic E-state index is -2.62. The van der Waals surface area contributed by atoms with Gasteiger partial charge in [0.2, 0.25) is 0 Å². The highest BCUT2D eigenvalue weighted by Crippen LogP contribution is 2.31. The molecule has 0 spiro atoms. The van der Waals surface area contributed by atoms with E-state index in [1.54, 1.807) is 35.8 Å². The summed E-state index contributed by atoms with van der Waals surface area (Å²) in [7, 11) is 0. The van der Waals surface area contributed by atoms with Crippen LogP contribution in [0.25, 0.3) is 44.5 Å². The Balaban J connectivity index is 1.37. The third-order valence-electron chi connectivity index (χ3n) is 6.09. The van der Waals surface area contributed by atoms with Crippen LogP contribution in [0.4, 0.5) is 8.78 Å². The number of hydrogen-bond acceptors (Lipinski definition) is 6. The van der Waals surface area contributed by atoms with E-state index in [2.05, 4.69) is 30.1 Å². The summed E-state index contributed by atoms with van der Waals surface area (Å²) >= 11 is 0. The van der Waals surface area contributed by atoms with E-state index in [0.29, 0.717) is 35.5 Å². The fourth-order valence-corrected chi connectivity index (χ4v) is 4.42. The number of hydrogen-bond donors (Lipinski definition) is 2. The van der Waals surface area contributed by atoms with Crippen LogP contribution in [0.5, 0.6) is 0 Å². The van der Waals surface area contributed by atoms with Crippen molar-refractivity contribution >= 4 is 21.8 Å². The summed E-state index contributed by atoms with van der Waals surface area (Å²) in [5, 5.41) is 8.60. The van der Waals surface area contributed by atoms with Gasteiger partial charge in [-0.2, -0.15) is 10.1 Å². The Morgan fingerprint density at radius 1 is 1.00 bits per heavy atom. The monoisotopic (exact) mass is 459 g/mol. The summed E-state index contributed by atoms with van der Waals surface area (Å²) in [5.74, 6) is -2.28. The van der Waals surface area contributed by atoms with Crippen LogP contribution in [0.2, 0.25) is 0 Å². The van der Waals surface area contributed by atoms with E-state index >= 15 is 0 Å². The van der Waals surface area contributed by atoms with Crippen molar-refractivity contribution in [3.63, 3.8) is 0 Å². The normalized spacial score (nSPS) is 15.9. The van der Waals surface area contributed by atoms with Crippen LogP contribution in [0.3, 0.4) is 0 Å². The fourth-order valence-electron chi connectivity index (χ4n) is 4.42. The Kier molecular flexibility index (Phi) is 4.70. The number of alkyl halides is 2. The molecule has 0 saturated carbocycles. The summed E-state index contributed by atoms with van der Waals surface area (Å²) < 4.78 is 27.1. The molecule has 0 aliphatic carbocycles. The molecule has 34 heavy (non-hydrogen) atoms. The lowest BCUT2D eigenvalue weighted by Crippen LogP contribution is -2.24. The fraction of sp³-hybridized carbons (Fsp3) is 0.208. The van der Waals surface area contributed by atoms with E-state index in [9.17, 15) is 13.6 Å². The topological polar surface area (TPSA) is 103 Å². The summed E-state index contributed by atoms with van der Waals surface area (Å²) in [6, 6.07) is 9.37. The molecule has 5 heterocycles. The van der Waals surface area contributed by atoms with Gasteiger partial charge >= 0.3 is 0 Å². The van der Waals surface area contributed by atoms with Crippen molar-refractivity contribution in [3.8, 4) is 22.6 Å². The highest BCUT2D eigenvalue weighted by atomic mass is 19.3. The van der Waals surface area contributed by atoms with Gasteiger partial charge in [-0.1, -0.05) is 6.07 Å². The van der Waals surface area contributed by atoms with E-state index in [4.69, 9.17) is 0 Å². The molecule has 0 amide bonds. The smallest absolute Gasteiger partial charge is 0.281 e. The summed E-state index contributed by atoms with van der Waals surface area (Å²) in [5.41, 5.74) is 4.15. The maximum absolute atomic E-state index is 13.6. The number of likely N-dealkylation sites (tertiary alicyclic amines) is 1. The molecule has 1 fully saturated rings. The number of nitrogens with one attached hydrogen (secondary N) is 2. The van der Waals surface area contributed by atoms with Crippen LogP contribution in [0.15, 0.2) is 59.9 Å². The Morgan fingerprint density at radius 3 is 2.76 bits per heavy atom. The number of halogens is 2. The molecule has 10 heteroatoms. The number of benzene rings is 1. The minimum absolute atomic E-state index is 0.110. The average molecular weight is 459 g/mol. The van der Waals surface area contributed by atoms with E-state index in [-0.39, 0.29) is 18.5 Å². The number of fused-ring (bicyclic) bond motifs is 2. The predicted molar refractivity (Wildman–Crippen MR) is 123 cm³/mol. The molecule has 1 aliphatic heterocycles. The lowest BCUT2D eigenvalue weighted by molar-refractivity contribution is 0.0115. The first kappa shape index (κ1) is 20.5. The molecule has 5 aromatic rings. The standard InChI is InChI=1S/C24H19F2N7O/c25-24(26)4-6-33(13-24)12-14-7-16(10-28-9-14)15-1-2-19-18(8-15)21(32-31-19)22-29-20-11-27-5-3-17(20)23(34)30-22/h1-3,5,7-11H,4,6,12-13H2,(H,31,32)(H,29,30,34). The van der Waals surface area contributed by atoms with Crippen molar-refractivity contribution in [3.05, 3.63) is 71.0 Å². The van der Waals surface area contributed by atoms with Gasteiger partial charge in [-0.3, -0.25) is 24.8 Å². The summed E-state index contributed by atoms with van der Waals surface area (Å²) in [6.45, 7) is 0.564. The lowest BCUT2D eigenvalue weighted by Gasteiger charge is -2.15. The Morgan fingerprint density at radius 2 is 1.91 bits per heavy atom. The van der Waals surface area contributed by atoms with Crippen LogP contribution in [0, 0.1) is 0 Å². The molecule has 4 aromatic heterocycles. The van der Waals surface area contributed by atoms with Crippen LogP contribution < -0.4 is 5.56 Å². The molecule has 0 unspecified atom stereocenters. The molecule has 0 bridgehead atoms. The van der Waals surface area contributed by atoms with Crippen LogP contribution in [-0.2, 0) is 6.54 Å². The molecule has 1 saturated heterocycles. The number of H-pyrrole nitrogens is 2. The lowest BCUT2D eigenvalue weighted by atomic mass is 10.0. The van der Waals surface area contributed by atoms with Gasteiger partial charge in [0.1, 0.15) is 5.69 Å². The Bertz CT molecular complexity index is 1590. The van der Waals surface area contributed by atoms with E-state index < -0.39 is 5.92 Å². The molecular weight excluding hydrogens is 440 g/mol. The average Bonchev–Trinajstić information content (AvgIpc) is 3.41. The highest BCUT2D eigenvalue weighted by Gasteiger charge is 2.37. The molecule has 6 rings (SSSR count). The first-order valence-corrected chi connectivity index (χ1v) is 10.8. The number of aromatic amines is 2. The Labute approximate surface area is 191 Å². The minimum Gasteiger partial charge on any atom is -0.336 e. The van der Waals surface area contributed by atoms with E-state index in [0.717, 1.165) is 27.6 Å². The molecule has 0 atom stereocenters. The van der Waals surface area contributed by atoms with Crippen LogP contribution >= 0.6 is 0 Å². The van der Waals surface area contributed by atoms with Crippen molar-refractivity contribution < 1.29 is 8.78 Å². The summed E-state index contributed by atoms with van der Waals surface area (Å²) in [6.07, 6.45) is 6.47. The van der Waals surface area contributed by atoms with Gasteiger partial charge in [0.25, 0.3) is 11.5 Å². The molecule has 170 valence electrons. The van der Waals surface area contributed by atoms with Crippen molar-refractivity contribution in [1.29, 1.82) is 0 Å². The SMILES string of the molecule is O=c1nc(-c2n[nH]c3ccc(-c4cncc(CN5CCC(F)(F)C5)c4)cc23)[nH]c2cnccc12. The first-order chi connectivity index (χ1) is 16.4. The van der Waals surface area contributed by atoms with Gasteiger partial charge in [-0.05, 0) is 35.4 Å². The third kappa shape index (κ3) is 3.71. The zero-order valence-corrected chi connectivity index (χ0v) is 17.9. The zero-order chi connectivity index (χ0) is 23.3. The van der Waals surface area contributed by atoms with Crippen LogP contribution in [-0.4, -0.2) is 54.0 Å². The van der Waals surface area contributed by atoms with Gasteiger partial charge in [0.05, 0.1) is 29.2 Å². The van der Waals surface area contributed by atoms with Gasteiger partial charge in [0, 0.05) is 49.1 Å². The number of pyridine rings is 2. The van der Waals surface area contributed by atoms with E-state index in [1.165, 1.54) is 0 Å². The maximum atomic E-state index is 13.6. The van der Waals surface area contributed by atoms with Gasteiger partial charge < -0.3 is 4.98 Å². The third-order valence-corrected chi connectivity index (χ3v) is 6.09. The first-order valence-electron chi connectivity index (χ1n) is 10.8. The second-order valence-corrected chi connectivity index (χ2v) is 8.54. The number of rotatable bonds is 4. The molecule has 2 N–H and O–H groups in total. The zero-order valence-electron chi connectivity index (χ0n) is 17.9. The van der Waals surface area contributed by atoms with Crippen molar-refractivity contribution in [2.45, 2.75) is 18.9 Å². The molecule has 0 radical (unpaired) electrons. The predicted octanol–water partition coefficient (Wildman–Crippen LogP) is 3.76. The molecular formula is C24H19F2N7O. The van der Waals surface area contributed by atoms with Crippen molar-refractivity contribution in [1.82, 2.24) is 35.0 Å². The van der Waals surface area contributed by atoms with Gasteiger partial charge in [0.15, 0.2) is 5.82 Å². The molecule has 1 aromatic carbocycles. The quantitative estimate of drug-likeness (QED) is 0.424. The van der Waals surface area contributed by atoms with Crippen molar-refractivity contribution in [2.24, 2.45) is 0 Å². The number of aromatic nitrogens is 6. The largest absolute Gasteiger partial charge is 0.336 e. The number of nitrogens with zero attached hydrogens (tertiary/aromatic N) is 5. The van der Waals surface area contributed by atoms with Crippen molar-refractivity contribution in [2.75, 3.05) is 13.1 Å². The van der Waals surface area contributed by atoms with Crippen LogP contribution in [0.1, 0.15) is 12.0 Å². The Hall–Kier alpha value is -4.05. The second-order valence-electron chi connectivity index (χ2n) is 8.54. The second kappa shape index (κ2) is 7.77. The maximum Gasteiger partial charge on any atom is 0.281 e. The van der Waals surface area contributed by atoms with Gasteiger partial charge in [-0.15, -0.1) is 0 Å². The molecule has 8 nitrogen and oxygen atoms in total. The van der Waals surface area contributed by atoms with Gasteiger partial charge in [-0.25, -0.2) is 8.78 Å². The highest BCUT2D eigenvalue weighted by molar-refractivity contribution is 5.95. The molecule has 1 aliphatic rings.